The Bertz CT molecular complexity index is 290. The van der Waals surface area contributed by atoms with Crippen molar-refractivity contribution in [3.8, 4) is 0 Å². The highest BCUT2D eigenvalue weighted by atomic mass is 32.1. The molecule has 0 bridgehead atoms. The first-order valence-electron chi connectivity index (χ1n) is 4.61. The van der Waals surface area contributed by atoms with Crippen molar-refractivity contribution in [2.75, 3.05) is 6.54 Å². The molecule has 1 saturated heterocycles. The van der Waals surface area contributed by atoms with E-state index in [2.05, 4.69) is 19.4 Å². The van der Waals surface area contributed by atoms with Gasteiger partial charge in [0.25, 0.3) is 0 Å². The normalized spacial score (nSPS) is 22.0. The summed E-state index contributed by atoms with van der Waals surface area (Å²) in [5, 5.41) is 6.16. The van der Waals surface area contributed by atoms with Crippen LogP contribution in [0, 0.1) is 0 Å². The summed E-state index contributed by atoms with van der Waals surface area (Å²) in [7, 11) is 0. The van der Waals surface area contributed by atoms with E-state index >= 15 is 0 Å². The lowest BCUT2D eigenvalue weighted by molar-refractivity contribution is -0.122. The first kappa shape index (κ1) is 9.54. The van der Waals surface area contributed by atoms with Crippen LogP contribution in [0.25, 0.3) is 0 Å². The number of amides is 1. The molecule has 1 fully saturated rings. The molecule has 0 aliphatic carbocycles. The molecule has 1 aromatic rings. The molecule has 2 heterocycles. The summed E-state index contributed by atoms with van der Waals surface area (Å²) in [4.78, 5) is 10.9. The minimum atomic E-state index is 0.151. The van der Waals surface area contributed by atoms with Gasteiger partial charge in [-0.2, -0.15) is 8.75 Å². The van der Waals surface area contributed by atoms with E-state index in [0.717, 1.165) is 25.2 Å². The predicted octanol–water partition coefficient (Wildman–Crippen LogP) is -0.0937. The van der Waals surface area contributed by atoms with E-state index in [1.807, 2.05) is 0 Å². The van der Waals surface area contributed by atoms with Crippen LogP contribution in [0.2, 0.25) is 0 Å². The molecule has 76 valence electrons. The number of rotatable bonds is 3. The molecule has 5 nitrogen and oxygen atoms in total. The summed E-state index contributed by atoms with van der Waals surface area (Å²) >= 11 is 1.22. The summed E-state index contributed by atoms with van der Waals surface area (Å²) < 4.78 is 8.02. The molecular weight excluding hydrogens is 200 g/mol. The molecule has 0 saturated carbocycles. The van der Waals surface area contributed by atoms with E-state index in [0.29, 0.717) is 12.5 Å². The first-order valence-corrected chi connectivity index (χ1v) is 5.34. The van der Waals surface area contributed by atoms with Gasteiger partial charge in [-0.25, -0.2) is 0 Å². The second-order valence-electron chi connectivity index (χ2n) is 3.32. The van der Waals surface area contributed by atoms with Gasteiger partial charge in [0, 0.05) is 25.6 Å². The maximum absolute atomic E-state index is 10.9. The van der Waals surface area contributed by atoms with Crippen molar-refractivity contribution in [1.82, 2.24) is 19.4 Å². The van der Waals surface area contributed by atoms with E-state index in [1.165, 1.54) is 11.7 Å². The van der Waals surface area contributed by atoms with Crippen molar-refractivity contribution >= 4 is 17.6 Å². The van der Waals surface area contributed by atoms with Crippen LogP contribution in [-0.4, -0.2) is 27.2 Å². The van der Waals surface area contributed by atoms with Crippen molar-refractivity contribution in [2.45, 2.75) is 25.4 Å². The van der Waals surface area contributed by atoms with E-state index in [1.54, 1.807) is 6.20 Å². The van der Waals surface area contributed by atoms with Crippen LogP contribution in [-0.2, 0) is 11.3 Å². The van der Waals surface area contributed by atoms with Crippen LogP contribution in [0.1, 0.15) is 18.5 Å². The summed E-state index contributed by atoms with van der Waals surface area (Å²) in [6.07, 6.45) is 3.29. The van der Waals surface area contributed by atoms with Gasteiger partial charge in [0.15, 0.2) is 0 Å². The van der Waals surface area contributed by atoms with Crippen LogP contribution in [0.4, 0.5) is 0 Å². The number of aromatic nitrogens is 2. The highest BCUT2D eigenvalue weighted by Crippen LogP contribution is 2.03. The van der Waals surface area contributed by atoms with Crippen LogP contribution >= 0.6 is 11.7 Å². The number of piperidine rings is 1. The molecule has 0 radical (unpaired) electrons. The Hall–Kier alpha value is -1.01. The fourth-order valence-corrected chi connectivity index (χ4v) is 1.85. The zero-order chi connectivity index (χ0) is 9.80. The molecule has 1 aliphatic rings. The first-order chi connectivity index (χ1) is 6.84. The number of nitrogens with one attached hydrogen (secondary N) is 2. The smallest absolute Gasteiger partial charge is 0.220 e. The third kappa shape index (κ3) is 2.49. The average molecular weight is 212 g/mol. The molecule has 2 N–H and O–H groups in total. The Morgan fingerprint density at radius 3 is 3.29 bits per heavy atom. The van der Waals surface area contributed by atoms with Crippen molar-refractivity contribution in [3.63, 3.8) is 0 Å². The fourth-order valence-electron chi connectivity index (χ4n) is 1.42. The zero-order valence-corrected chi connectivity index (χ0v) is 8.51. The van der Waals surface area contributed by atoms with Crippen LogP contribution in [0.5, 0.6) is 0 Å². The van der Waals surface area contributed by atoms with Gasteiger partial charge in [0.05, 0.1) is 23.6 Å². The molecule has 0 spiro atoms. The van der Waals surface area contributed by atoms with Gasteiger partial charge in [-0.1, -0.05) is 0 Å². The minimum Gasteiger partial charge on any atom is -0.355 e. The Labute approximate surface area is 86.2 Å². The molecule has 2 rings (SSSR count). The third-order valence-electron chi connectivity index (χ3n) is 2.24. The van der Waals surface area contributed by atoms with Crippen LogP contribution < -0.4 is 10.6 Å². The van der Waals surface area contributed by atoms with Crippen molar-refractivity contribution in [1.29, 1.82) is 0 Å². The Balaban J connectivity index is 1.73. The number of carbonyl (C=O) groups is 1. The maximum atomic E-state index is 10.9. The van der Waals surface area contributed by atoms with Gasteiger partial charge in [-0.15, -0.1) is 0 Å². The Morgan fingerprint density at radius 2 is 2.64 bits per heavy atom. The highest BCUT2D eigenvalue weighted by molar-refractivity contribution is 6.99. The van der Waals surface area contributed by atoms with Crippen LogP contribution in [0.15, 0.2) is 6.20 Å². The molecule has 1 aromatic heterocycles. The molecule has 1 unspecified atom stereocenters. The lowest BCUT2D eigenvalue weighted by Crippen LogP contribution is -2.45. The highest BCUT2D eigenvalue weighted by Gasteiger charge is 2.17. The van der Waals surface area contributed by atoms with E-state index in [-0.39, 0.29) is 5.91 Å². The lowest BCUT2D eigenvalue weighted by Gasteiger charge is -2.22. The molecule has 1 atom stereocenters. The largest absolute Gasteiger partial charge is 0.355 e. The van der Waals surface area contributed by atoms with E-state index < -0.39 is 0 Å². The quantitative estimate of drug-likeness (QED) is 0.734. The van der Waals surface area contributed by atoms with Gasteiger partial charge in [0.1, 0.15) is 0 Å². The second kappa shape index (κ2) is 4.47. The van der Waals surface area contributed by atoms with Crippen molar-refractivity contribution < 1.29 is 4.79 Å². The van der Waals surface area contributed by atoms with Crippen molar-refractivity contribution in [2.24, 2.45) is 0 Å². The number of hydrogen-bond acceptors (Lipinski definition) is 5. The standard InChI is InChI=1S/C8H12N4OS/c13-8-2-1-6(3-10-8)9-4-7-5-11-14-12-7/h5-6,9H,1-4H2,(H,10,13). The molecule has 1 amide bonds. The Kier molecular flexibility index (Phi) is 3.05. The van der Waals surface area contributed by atoms with Crippen molar-refractivity contribution in [3.05, 3.63) is 11.9 Å². The fraction of sp³-hybridized carbons (Fsp3) is 0.625. The van der Waals surface area contributed by atoms with E-state index in [9.17, 15) is 4.79 Å². The molecule has 14 heavy (non-hydrogen) atoms. The van der Waals surface area contributed by atoms with Gasteiger partial charge in [-0.3, -0.25) is 4.79 Å². The van der Waals surface area contributed by atoms with Gasteiger partial charge in [0.2, 0.25) is 5.91 Å². The molecule has 0 aromatic carbocycles. The summed E-state index contributed by atoms with van der Waals surface area (Å²) in [5.41, 5.74) is 0.965. The van der Waals surface area contributed by atoms with Crippen LogP contribution in [0.3, 0.4) is 0 Å². The Morgan fingerprint density at radius 1 is 1.71 bits per heavy atom. The predicted molar refractivity (Wildman–Crippen MR) is 52.8 cm³/mol. The zero-order valence-electron chi connectivity index (χ0n) is 7.69. The molecule has 1 aliphatic heterocycles. The monoisotopic (exact) mass is 212 g/mol. The second-order valence-corrected chi connectivity index (χ2v) is 3.88. The maximum Gasteiger partial charge on any atom is 0.220 e. The number of hydrogen-bond donors (Lipinski definition) is 2. The number of carbonyl (C=O) groups excluding carboxylic acids is 1. The molecule has 6 heteroatoms. The number of nitrogens with zero attached hydrogens (tertiary/aromatic N) is 2. The summed E-state index contributed by atoms with van der Waals surface area (Å²) in [6.45, 7) is 1.45. The average Bonchev–Trinajstić information content (AvgIpc) is 2.70. The minimum absolute atomic E-state index is 0.151. The van der Waals surface area contributed by atoms with Gasteiger partial charge >= 0.3 is 0 Å². The summed E-state index contributed by atoms with van der Waals surface area (Å²) in [5.74, 6) is 0.151. The SMILES string of the molecule is O=C1CCC(NCc2cnsn2)CN1. The van der Waals surface area contributed by atoms with Gasteiger partial charge < -0.3 is 10.6 Å². The van der Waals surface area contributed by atoms with E-state index in [4.69, 9.17) is 0 Å². The third-order valence-corrected chi connectivity index (χ3v) is 2.76. The summed E-state index contributed by atoms with van der Waals surface area (Å²) in [6, 6.07) is 0.370. The lowest BCUT2D eigenvalue weighted by atomic mass is 10.1. The van der Waals surface area contributed by atoms with Gasteiger partial charge in [-0.05, 0) is 6.42 Å². The topological polar surface area (TPSA) is 66.9 Å². The molecular formula is C8H12N4OS.